The maximum atomic E-state index is 12.6. The van der Waals surface area contributed by atoms with Gasteiger partial charge in [0.05, 0.1) is 6.04 Å². The lowest BCUT2D eigenvalue weighted by Crippen LogP contribution is -2.67. The lowest BCUT2D eigenvalue weighted by atomic mass is 9.91. The molecule has 0 bridgehead atoms. The quantitative estimate of drug-likeness (QED) is 0.771. The van der Waals surface area contributed by atoms with Gasteiger partial charge >= 0.3 is 5.97 Å². The van der Waals surface area contributed by atoms with Gasteiger partial charge < -0.3 is 10.5 Å². The van der Waals surface area contributed by atoms with Crippen molar-refractivity contribution in [1.82, 2.24) is 10.4 Å². The molecule has 0 saturated carbocycles. The first kappa shape index (κ1) is 18.9. The van der Waals surface area contributed by atoms with Gasteiger partial charge in [-0.3, -0.25) is 9.80 Å². The highest BCUT2D eigenvalue weighted by atomic mass is 16.6. The molecule has 22 heavy (non-hydrogen) atoms. The molecule has 0 aromatic rings. The first-order chi connectivity index (χ1) is 9.94. The number of nitrogens with one attached hydrogen (secondary N) is 1. The van der Waals surface area contributed by atoms with E-state index in [1.54, 1.807) is 0 Å². The van der Waals surface area contributed by atoms with Crippen molar-refractivity contribution in [3.8, 4) is 0 Å². The smallest absolute Gasteiger partial charge is 0.332 e. The van der Waals surface area contributed by atoms with Crippen molar-refractivity contribution < 1.29 is 14.3 Å². The van der Waals surface area contributed by atoms with Gasteiger partial charge in [0.1, 0.15) is 6.04 Å². The summed E-state index contributed by atoms with van der Waals surface area (Å²) in [5.41, 5.74) is 9.03. The van der Waals surface area contributed by atoms with Crippen molar-refractivity contribution >= 4 is 11.9 Å². The van der Waals surface area contributed by atoms with Crippen molar-refractivity contribution in [2.75, 3.05) is 0 Å². The summed E-state index contributed by atoms with van der Waals surface area (Å²) < 4.78 is 5.47. The summed E-state index contributed by atoms with van der Waals surface area (Å²) in [6, 6.07) is -1.29. The fourth-order valence-corrected chi connectivity index (χ4v) is 2.44. The zero-order chi connectivity index (χ0) is 17.2. The van der Waals surface area contributed by atoms with Gasteiger partial charge in [0.15, 0.2) is 6.23 Å². The lowest BCUT2D eigenvalue weighted by molar-refractivity contribution is -0.190. The number of hydrazine groups is 1. The van der Waals surface area contributed by atoms with E-state index in [9.17, 15) is 9.59 Å². The van der Waals surface area contributed by atoms with Crippen molar-refractivity contribution in [3.63, 3.8) is 0 Å². The van der Waals surface area contributed by atoms with Crippen LogP contribution in [0.1, 0.15) is 54.9 Å². The van der Waals surface area contributed by atoms with E-state index < -0.39 is 18.3 Å². The summed E-state index contributed by atoms with van der Waals surface area (Å²) in [5.74, 6) is -0.684. The normalized spacial score (nSPS) is 24.6. The second-order valence-corrected chi connectivity index (χ2v) is 7.99. The summed E-state index contributed by atoms with van der Waals surface area (Å²) in [4.78, 5) is 25.0. The van der Waals surface area contributed by atoms with Crippen LogP contribution in [0, 0.1) is 17.3 Å². The second kappa shape index (κ2) is 6.96. The molecule has 1 amide bonds. The Morgan fingerprint density at radius 3 is 2.27 bits per heavy atom. The van der Waals surface area contributed by atoms with E-state index >= 15 is 0 Å². The largest absolute Gasteiger partial charge is 0.443 e. The molecule has 1 heterocycles. The van der Waals surface area contributed by atoms with E-state index in [-0.39, 0.29) is 29.1 Å². The first-order valence-electron chi connectivity index (χ1n) is 7.99. The predicted molar refractivity (Wildman–Crippen MR) is 85.4 cm³/mol. The van der Waals surface area contributed by atoms with E-state index in [4.69, 9.17) is 10.5 Å². The highest BCUT2D eigenvalue weighted by Gasteiger charge is 2.43. The fraction of sp³-hybridized carbons (Fsp3) is 0.875. The van der Waals surface area contributed by atoms with E-state index in [2.05, 4.69) is 26.2 Å². The number of hydrogen-bond donors (Lipinski definition) is 2. The second-order valence-electron chi connectivity index (χ2n) is 7.99. The van der Waals surface area contributed by atoms with Crippen LogP contribution in [0.15, 0.2) is 0 Å². The van der Waals surface area contributed by atoms with Crippen molar-refractivity contribution in [1.29, 1.82) is 0 Å². The van der Waals surface area contributed by atoms with E-state index in [0.29, 0.717) is 6.42 Å². The van der Waals surface area contributed by atoms with Crippen molar-refractivity contribution in [3.05, 3.63) is 0 Å². The third-order valence-electron chi connectivity index (χ3n) is 3.73. The van der Waals surface area contributed by atoms with Gasteiger partial charge in [-0.2, -0.15) is 5.43 Å². The summed E-state index contributed by atoms with van der Waals surface area (Å²) >= 11 is 0. The molecule has 1 fully saturated rings. The van der Waals surface area contributed by atoms with Crippen LogP contribution >= 0.6 is 0 Å². The third kappa shape index (κ3) is 4.68. The number of hydrogen-bond acceptors (Lipinski definition) is 5. The van der Waals surface area contributed by atoms with Crippen molar-refractivity contribution in [2.45, 2.75) is 73.2 Å². The van der Waals surface area contributed by atoms with E-state index in [1.807, 2.05) is 27.7 Å². The number of carbonyl (C=O) groups excluding carboxylic acids is 2. The molecule has 128 valence electrons. The minimum absolute atomic E-state index is 0.00104. The average Bonchev–Trinajstić information content (AvgIpc) is 2.33. The number of cyclic esters (lactones) is 1. The maximum Gasteiger partial charge on any atom is 0.332 e. The van der Waals surface area contributed by atoms with Crippen LogP contribution in [0.3, 0.4) is 0 Å². The highest BCUT2D eigenvalue weighted by Crippen LogP contribution is 2.26. The number of ether oxygens (including phenoxy) is 1. The summed E-state index contributed by atoms with van der Waals surface area (Å²) in [6.07, 6.45) is 0.107. The molecular formula is C16H31N3O3. The van der Waals surface area contributed by atoms with Crippen LogP contribution in [0.2, 0.25) is 0 Å². The van der Waals surface area contributed by atoms with Gasteiger partial charge in [0.2, 0.25) is 0 Å². The first-order valence-corrected chi connectivity index (χ1v) is 7.99. The Hall–Kier alpha value is -1.14. The number of nitrogens with two attached hydrogens (primary N) is 1. The molecule has 1 saturated heterocycles. The number of rotatable bonds is 4. The predicted octanol–water partition coefficient (Wildman–Crippen LogP) is 1.65. The molecule has 0 radical (unpaired) electrons. The van der Waals surface area contributed by atoms with Crippen LogP contribution < -0.4 is 11.2 Å². The Morgan fingerprint density at radius 2 is 1.86 bits per heavy atom. The van der Waals surface area contributed by atoms with E-state index in [1.165, 1.54) is 5.01 Å². The zero-order valence-corrected chi connectivity index (χ0v) is 14.8. The van der Waals surface area contributed by atoms with Crippen LogP contribution in [0.4, 0.5) is 0 Å². The Balaban J connectivity index is 3.00. The number of esters is 1. The molecule has 3 atom stereocenters. The molecule has 0 aromatic carbocycles. The standard InChI is InChI=1S/C16H31N3O3/c1-9(2)12(17)14(20)19-13(10(3)4)15(21)22-11(18-19)8-16(5,6)7/h9-13,18H,8,17H2,1-7H3/t11?,12-,13+/m1/s1. The van der Waals surface area contributed by atoms with Crippen LogP contribution in [0.5, 0.6) is 0 Å². The zero-order valence-electron chi connectivity index (χ0n) is 14.8. The number of amides is 1. The lowest BCUT2D eigenvalue weighted by Gasteiger charge is -2.43. The van der Waals surface area contributed by atoms with Crippen LogP contribution in [-0.2, 0) is 14.3 Å². The minimum Gasteiger partial charge on any atom is -0.443 e. The van der Waals surface area contributed by atoms with Gasteiger partial charge in [0, 0.05) is 6.42 Å². The van der Waals surface area contributed by atoms with Gasteiger partial charge in [-0.1, -0.05) is 48.5 Å². The highest BCUT2D eigenvalue weighted by molar-refractivity contribution is 5.88. The van der Waals surface area contributed by atoms with Crippen LogP contribution in [-0.4, -0.2) is 35.2 Å². The Morgan fingerprint density at radius 1 is 1.32 bits per heavy atom. The SMILES string of the molecule is CC(C)[C@H]1C(=O)OC(CC(C)(C)C)NN1C(=O)[C@H](N)C(C)C. The third-order valence-corrected chi connectivity index (χ3v) is 3.73. The molecule has 0 aliphatic carbocycles. The monoisotopic (exact) mass is 313 g/mol. The molecule has 1 rings (SSSR count). The topological polar surface area (TPSA) is 84.7 Å². The number of nitrogens with zero attached hydrogens (tertiary/aromatic N) is 1. The van der Waals surface area contributed by atoms with Gasteiger partial charge in [-0.15, -0.1) is 0 Å². The molecule has 3 N–H and O–H groups in total. The molecule has 1 aliphatic rings. The van der Waals surface area contributed by atoms with Gasteiger partial charge in [-0.25, -0.2) is 4.79 Å². The van der Waals surface area contributed by atoms with Crippen molar-refractivity contribution in [2.24, 2.45) is 23.0 Å². The molecular weight excluding hydrogens is 282 g/mol. The molecule has 0 aromatic heterocycles. The minimum atomic E-state index is -0.645. The van der Waals surface area contributed by atoms with Gasteiger partial charge in [0.25, 0.3) is 5.91 Å². The Kier molecular flexibility index (Phi) is 5.98. The van der Waals surface area contributed by atoms with Gasteiger partial charge in [-0.05, 0) is 17.3 Å². The molecule has 6 heteroatoms. The Bertz CT molecular complexity index is 415. The van der Waals surface area contributed by atoms with E-state index in [0.717, 1.165) is 0 Å². The summed E-state index contributed by atoms with van der Waals surface area (Å²) in [7, 11) is 0. The summed E-state index contributed by atoms with van der Waals surface area (Å²) in [5, 5.41) is 1.40. The fourth-order valence-electron chi connectivity index (χ4n) is 2.44. The molecule has 6 nitrogen and oxygen atoms in total. The average molecular weight is 313 g/mol. The molecule has 1 aliphatic heterocycles. The molecule has 1 unspecified atom stereocenters. The Labute approximate surface area is 133 Å². The maximum absolute atomic E-state index is 12.6. The summed E-state index contributed by atoms with van der Waals surface area (Å²) in [6.45, 7) is 13.7. The number of carbonyl (C=O) groups is 2. The van der Waals surface area contributed by atoms with Crippen LogP contribution in [0.25, 0.3) is 0 Å². The molecule has 0 spiro atoms.